The Morgan fingerprint density at radius 1 is 1.59 bits per heavy atom. The minimum atomic E-state index is 0.474. The van der Waals surface area contributed by atoms with Crippen LogP contribution in [0.15, 0.2) is 12.3 Å². The van der Waals surface area contributed by atoms with Crippen molar-refractivity contribution >= 4 is 11.8 Å². The highest BCUT2D eigenvalue weighted by atomic mass is 32.2. The molecule has 1 fully saturated rings. The summed E-state index contributed by atoms with van der Waals surface area (Å²) in [6, 6.07) is 2.66. The number of rotatable bonds is 6. The number of hydrogen-bond donors (Lipinski definition) is 1. The van der Waals surface area contributed by atoms with E-state index in [0.29, 0.717) is 6.04 Å². The van der Waals surface area contributed by atoms with Gasteiger partial charge in [0.15, 0.2) is 0 Å². The quantitative estimate of drug-likeness (QED) is 0.845. The predicted molar refractivity (Wildman–Crippen MR) is 74.4 cm³/mol. The molecule has 0 spiro atoms. The van der Waals surface area contributed by atoms with E-state index in [1.54, 1.807) is 0 Å². The van der Waals surface area contributed by atoms with Crippen molar-refractivity contribution in [3.63, 3.8) is 0 Å². The molecule has 2 unspecified atom stereocenters. The topological polar surface area (TPSA) is 29.9 Å². The van der Waals surface area contributed by atoms with Crippen molar-refractivity contribution in [1.29, 1.82) is 0 Å². The lowest BCUT2D eigenvalue weighted by molar-refractivity contribution is 0.462. The summed E-state index contributed by atoms with van der Waals surface area (Å²) >= 11 is 2.11. The van der Waals surface area contributed by atoms with Gasteiger partial charge in [-0.25, -0.2) is 0 Å². The molecule has 0 amide bonds. The van der Waals surface area contributed by atoms with Crippen molar-refractivity contribution in [1.82, 2.24) is 15.1 Å². The first kappa shape index (κ1) is 13.0. The second kappa shape index (κ2) is 6.45. The van der Waals surface area contributed by atoms with Crippen LogP contribution in [0.4, 0.5) is 0 Å². The van der Waals surface area contributed by atoms with Gasteiger partial charge in [0.1, 0.15) is 0 Å². The first-order valence-electron chi connectivity index (χ1n) is 6.73. The van der Waals surface area contributed by atoms with Gasteiger partial charge in [-0.3, -0.25) is 4.68 Å². The molecule has 0 aliphatic carbocycles. The molecule has 1 saturated heterocycles. The van der Waals surface area contributed by atoms with E-state index < -0.39 is 0 Å². The lowest BCUT2D eigenvalue weighted by atomic mass is 10.1. The van der Waals surface area contributed by atoms with Crippen molar-refractivity contribution in [2.24, 2.45) is 0 Å². The smallest absolute Gasteiger partial charge is 0.0612 e. The molecule has 2 atom stereocenters. The molecule has 0 bridgehead atoms. The SMILES string of the molecule is CCCn1nccc1C(NCC)C1CCCS1. The Hall–Kier alpha value is -0.480. The Morgan fingerprint density at radius 3 is 3.12 bits per heavy atom. The zero-order valence-corrected chi connectivity index (χ0v) is 11.7. The number of hydrogen-bond acceptors (Lipinski definition) is 3. The van der Waals surface area contributed by atoms with Crippen molar-refractivity contribution in [2.45, 2.75) is 50.9 Å². The summed E-state index contributed by atoms with van der Waals surface area (Å²) in [6.45, 7) is 6.45. The number of thioether (sulfide) groups is 1. The third-order valence-electron chi connectivity index (χ3n) is 3.26. The van der Waals surface area contributed by atoms with Crippen LogP contribution in [-0.2, 0) is 6.54 Å². The van der Waals surface area contributed by atoms with Crippen LogP contribution in [0, 0.1) is 0 Å². The zero-order valence-electron chi connectivity index (χ0n) is 10.9. The number of aromatic nitrogens is 2. The van der Waals surface area contributed by atoms with Gasteiger partial charge in [-0.05, 0) is 37.6 Å². The van der Waals surface area contributed by atoms with E-state index in [-0.39, 0.29) is 0 Å². The Balaban J connectivity index is 2.15. The maximum absolute atomic E-state index is 4.45. The Bertz CT molecular complexity index is 331. The van der Waals surface area contributed by atoms with Crippen molar-refractivity contribution in [3.8, 4) is 0 Å². The fourth-order valence-corrected chi connectivity index (χ4v) is 3.92. The number of aryl methyl sites for hydroxylation is 1. The van der Waals surface area contributed by atoms with E-state index in [0.717, 1.165) is 24.8 Å². The summed E-state index contributed by atoms with van der Waals surface area (Å²) < 4.78 is 2.17. The molecular weight excluding hydrogens is 230 g/mol. The van der Waals surface area contributed by atoms with Crippen LogP contribution in [0.25, 0.3) is 0 Å². The van der Waals surface area contributed by atoms with Gasteiger partial charge in [0.05, 0.1) is 11.7 Å². The normalized spacial score (nSPS) is 21.9. The molecule has 3 nitrogen and oxygen atoms in total. The van der Waals surface area contributed by atoms with Crippen molar-refractivity contribution < 1.29 is 0 Å². The molecule has 1 aromatic rings. The number of nitrogens with zero attached hydrogens (tertiary/aromatic N) is 2. The maximum atomic E-state index is 4.45. The molecule has 0 radical (unpaired) electrons. The lowest BCUT2D eigenvalue weighted by Gasteiger charge is -2.24. The highest BCUT2D eigenvalue weighted by molar-refractivity contribution is 8.00. The van der Waals surface area contributed by atoms with Gasteiger partial charge >= 0.3 is 0 Å². The van der Waals surface area contributed by atoms with Crippen LogP contribution in [0.3, 0.4) is 0 Å². The van der Waals surface area contributed by atoms with Crippen LogP contribution in [0.2, 0.25) is 0 Å². The summed E-state index contributed by atoms with van der Waals surface area (Å²) in [5, 5.41) is 8.82. The predicted octanol–water partition coefficient (Wildman–Crippen LogP) is 2.84. The van der Waals surface area contributed by atoms with Crippen molar-refractivity contribution in [2.75, 3.05) is 12.3 Å². The fraction of sp³-hybridized carbons (Fsp3) is 0.769. The molecule has 4 heteroatoms. The van der Waals surface area contributed by atoms with E-state index in [1.165, 1.54) is 24.3 Å². The monoisotopic (exact) mass is 253 g/mol. The average molecular weight is 253 g/mol. The molecular formula is C13H23N3S. The van der Waals surface area contributed by atoms with Gasteiger partial charge in [-0.15, -0.1) is 0 Å². The molecule has 0 aromatic carbocycles. The molecule has 1 aliphatic rings. The molecule has 17 heavy (non-hydrogen) atoms. The van der Waals surface area contributed by atoms with E-state index in [1.807, 2.05) is 6.20 Å². The summed E-state index contributed by atoms with van der Waals surface area (Å²) in [5.74, 6) is 1.31. The molecule has 0 saturated carbocycles. The first-order chi connectivity index (χ1) is 8.36. The summed E-state index contributed by atoms with van der Waals surface area (Å²) in [6.07, 6.45) is 5.78. The Labute approximate surface area is 108 Å². The van der Waals surface area contributed by atoms with Crippen molar-refractivity contribution in [3.05, 3.63) is 18.0 Å². The highest BCUT2D eigenvalue weighted by Crippen LogP contribution is 2.35. The minimum absolute atomic E-state index is 0.474. The third kappa shape index (κ3) is 3.05. The van der Waals surface area contributed by atoms with E-state index in [9.17, 15) is 0 Å². The second-order valence-corrected chi connectivity index (χ2v) is 5.91. The highest BCUT2D eigenvalue weighted by Gasteiger charge is 2.28. The molecule has 2 rings (SSSR count). The van der Waals surface area contributed by atoms with Crippen LogP contribution in [0.5, 0.6) is 0 Å². The maximum Gasteiger partial charge on any atom is 0.0612 e. The van der Waals surface area contributed by atoms with Crippen LogP contribution in [-0.4, -0.2) is 27.3 Å². The van der Waals surface area contributed by atoms with Gasteiger partial charge in [0, 0.05) is 18.0 Å². The van der Waals surface area contributed by atoms with Gasteiger partial charge in [0.25, 0.3) is 0 Å². The van der Waals surface area contributed by atoms with E-state index >= 15 is 0 Å². The van der Waals surface area contributed by atoms with Gasteiger partial charge in [-0.1, -0.05) is 13.8 Å². The van der Waals surface area contributed by atoms with Crippen LogP contribution in [0.1, 0.15) is 44.8 Å². The molecule has 2 heterocycles. The van der Waals surface area contributed by atoms with Crippen LogP contribution < -0.4 is 5.32 Å². The van der Waals surface area contributed by atoms with Gasteiger partial charge in [0.2, 0.25) is 0 Å². The molecule has 1 aliphatic heterocycles. The number of nitrogens with one attached hydrogen (secondary N) is 1. The third-order valence-corrected chi connectivity index (χ3v) is 4.72. The molecule has 1 N–H and O–H groups in total. The Morgan fingerprint density at radius 2 is 2.47 bits per heavy atom. The standard InChI is InChI=1S/C13H23N3S/c1-3-9-16-11(7-8-15-16)13(14-4-2)12-6-5-10-17-12/h7-8,12-14H,3-6,9-10H2,1-2H3. The summed E-state index contributed by atoms with van der Waals surface area (Å²) in [5.41, 5.74) is 1.37. The van der Waals surface area contributed by atoms with Gasteiger partial charge in [-0.2, -0.15) is 16.9 Å². The molecule has 96 valence electrons. The van der Waals surface area contributed by atoms with Crippen LogP contribution >= 0.6 is 11.8 Å². The molecule has 1 aromatic heterocycles. The largest absolute Gasteiger partial charge is 0.308 e. The van der Waals surface area contributed by atoms with E-state index in [4.69, 9.17) is 0 Å². The fourth-order valence-electron chi connectivity index (χ4n) is 2.52. The zero-order chi connectivity index (χ0) is 12.1. The lowest BCUT2D eigenvalue weighted by Crippen LogP contribution is -2.31. The Kier molecular flexibility index (Phi) is 4.92. The first-order valence-corrected chi connectivity index (χ1v) is 7.78. The summed E-state index contributed by atoms with van der Waals surface area (Å²) in [4.78, 5) is 0. The average Bonchev–Trinajstić information content (AvgIpc) is 2.97. The van der Waals surface area contributed by atoms with Gasteiger partial charge < -0.3 is 5.32 Å². The minimum Gasteiger partial charge on any atom is -0.308 e. The second-order valence-electron chi connectivity index (χ2n) is 4.57. The van der Waals surface area contributed by atoms with E-state index in [2.05, 4.69) is 46.8 Å². The summed E-state index contributed by atoms with van der Waals surface area (Å²) in [7, 11) is 0.